The number of urea groups is 1. The van der Waals surface area contributed by atoms with Crippen molar-refractivity contribution in [2.75, 3.05) is 33.3 Å². The van der Waals surface area contributed by atoms with Crippen molar-refractivity contribution in [3.8, 4) is 0 Å². The second-order valence-corrected chi connectivity index (χ2v) is 6.69. The number of benzene rings is 1. The molecule has 0 aliphatic carbocycles. The van der Waals surface area contributed by atoms with Gasteiger partial charge in [0.05, 0.1) is 12.7 Å². The molecule has 0 aromatic heterocycles. The van der Waals surface area contributed by atoms with E-state index in [4.69, 9.17) is 4.74 Å². The number of ether oxygens (including phenoxy) is 1. The van der Waals surface area contributed by atoms with Crippen LogP contribution in [0.4, 0.5) is 4.79 Å². The van der Waals surface area contributed by atoms with Crippen LogP contribution in [-0.4, -0.2) is 50.3 Å². The van der Waals surface area contributed by atoms with Crippen molar-refractivity contribution in [3.63, 3.8) is 0 Å². The van der Waals surface area contributed by atoms with Crippen LogP contribution >= 0.6 is 0 Å². The van der Waals surface area contributed by atoms with E-state index in [-0.39, 0.29) is 12.1 Å². The highest BCUT2D eigenvalue weighted by molar-refractivity contribution is 5.73. The highest BCUT2D eigenvalue weighted by Gasteiger charge is 2.18. The minimum absolute atomic E-state index is 0.0766. The number of morpholine rings is 1. The summed E-state index contributed by atoms with van der Waals surface area (Å²) in [5.41, 5.74) is 2.49. The van der Waals surface area contributed by atoms with Gasteiger partial charge in [-0.15, -0.1) is 0 Å². The summed E-state index contributed by atoms with van der Waals surface area (Å²) in [6.45, 7) is 8.06. The summed E-state index contributed by atoms with van der Waals surface area (Å²) in [7, 11) is 2.07. The van der Waals surface area contributed by atoms with Crippen molar-refractivity contribution in [2.24, 2.45) is 5.92 Å². The second kappa shape index (κ2) is 8.89. The molecule has 0 saturated carbocycles. The van der Waals surface area contributed by atoms with Gasteiger partial charge in [-0.1, -0.05) is 38.1 Å². The molecule has 5 heteroatoms. The van der Waals surface area contributed by atoms with Gasteiger partial charge in [-0.3, -0.25) is 0 Å². The highest BCUT2D eigenvalue weighted by atomic mass is 16.5. The van der Waals surface area contributed by atoms with Gasteiger partial charge >= 0.3 is 6.03 Å². The van der Waals surface area contributed by atoms with Gasteiger partial charge in [0.1, 0.15) is 0 Å². The molecule has 1 fully saturated rings. The van der Waals surface area contributed by atoms with Gasteiger partial charge in [-0.25, -0.2) is 4.79 Å². The van der Waals surface area contributed by atoms with Gasteiger partial charge in [-0.2, -0.15) is 0 Å². The van der Waals surface area contributed by atoms with Gasteiger partial charge in [0.2, 0.25) is 0 Å². The third kappa shape index (κ3) is 6.20. The lowest BCUT2D eigenvalue weighted by atomic mass is 9.98. The first-order valence-corrected chi connectivity index (χ1v) is 8.43. The number of rotatable bonds is 6. The lowest BCUT2D eigenvalue weighted by Gasteiger charge is -2.30. The Morgan fingerprint density at radius 1 is 1.30 bits per heavy atom. The van der Waals surface area contributed by atoms with Crippen molar-refractivity contribution >= 4 is 6.03 Å². The number of amides is 2. The van der Waals surface area contributed by atoms with Crippen molar-refractivity contribution in [2.45, 2.75) is 32.9 Å². The van der Waals surface area contributed by atoms with Gasteiger partial charge in [0.15, 0.2) is 0 Å². The second-order valence-electron chi connectivity index (χ2n) is 6.69. The minimum Gasteiger partial charge on any atom is -0.374 e. The number of likely N-dealkylation sites (N-methyl/N-ethyl adjacent to an activating group) is 1. The Kier molecular flexibility index (Phi) is 6.86. The predicted octanol–water partition coefficient (Wildman–Crippen LogP) is 2.01. The van der Waals surface area contributed by atoms with E-state index in [0.717, 1.165) is 26.1 Å². The average molecular weight is 319 g/mol. The SMILES string of the molecule is CC(C)Cc1ccccc1CNC(=O)NCC1CN(C)CCO1. The first-order chi connectivity index (χ1) is 11.0. The molecule has 1 unspecified atom stereocenters. The fraction of sp³-hybridized carbons (Fsp3) is 0.611. The van der Waals surface area contributed by atoms with Gasteiger partial charge in [0.25, 0.3) is 0 Å². The lowest BCUT2D eigenvalue weighted by molar-refractivity contribution is -0.0167. The number of carbonyl (C=O) groups is 1. The summed E-state index contributed by atoms with van der Waals surface area (Å²) in [6, 6.07) is 8.15. The molecule has 2 amide bonds. The topological polar surface area (TPSA) is 53.6 Å². The molecule has 1 atom stereocenters. The Morgan fingerprint density at radius 2 is 2.04 bits per heavy atom. The van der Waals surface area contributed by atoms with Crippen LogP contribution in [-0.2, 0) is 17.7 Å². The highest BCUT2D eigenvalue weighted by Crippen LogP contribution is 2.13. The fourth-order valence-electron chi connectivity index (χ4n) is 2.80. The maximum Gasteiger partial charge on any atom is 0.315 e. The van der Waals surface area contributed by atoms with E-state index in [9.17, 15) is 4.79 Å². The Bertz CT molecular complexity index is 505. The van der Waals surface area contributed by atoms with Gasteiger partial charge in [-0.05, 0) is 30.5 Å². The Hall–Kier alpha value is -1.59. The Balaban J connectivity index is 1.76. The van der Waals surface area contributed by atoms with Crippen molar-refractivity contribution < 1.29 is 9.53 Å². The van der Waals surface area contributed by atoms with Crippen molar-refractivity contribution in [1.82, 2.24) is 15.5 Å². The Labute approximate surface area is 139 Å². The monoisotopic (exact) mass is 319 g/mol. The van der Waals surface area contributed by atoms with Gasteiger partial charge in [0, 0.05) is 26.2 Å². The summed E-state index contributed by atoms with van der Waals surface area (Å²) in [4.78, 5) is 14.2. The largest absolute Gasteiger partial charge is 0.374 e. The molecular formula is C18H29N3O2. The van der Waals surface area contributed by atoms with E-state index in [1.807, 2.05) is 6.07 Å². The van der Waals surface area contributed by atoms with Crippen molar-refractivity contribution in [3.05, 3.63) is 35.4 Å². The first-order valence-electron chi connectivity index (χ1n) is 8.43. The number of carbonyl (C=O) groups excluding carboxylic acids is 1. The molecule has 128 valence electrons. The Morgan fingerprint density at radius 3 is 2.74 bits per heavy atom. The van der Waals surface area contributed by atoms with E-state index >= 15 is 0 Å². The number of hydrogen-bond donors (Lipinski definition) is 2. The van der Waals surface area contributed by atoms with Crippen LogP contribution in [0, 0.1) is 5.92 Å². The van der Waals surface area contributed by atoms with Gasteiger partial charge < -0.3 is 20.3 Å². The molecule has 1 aromatic carbocycles. The van der Waals surface area contributed by atoms with E-state index in [0.29, 0.717) is 19.0 Å². The van der Waals surface area contributed by atoms with Crippen LogP contribution in [0.5, 0.6) is 0 Å². The molecule has 1 heterocycles. The molecule has 2 N–H and O–H groups in total. The molecule has 1 aliphatic heterocycles. The predicted molar refractivity (Wildman–Crippen MR) is 92.5 cm³/mol. The molecule has 0 spiro atoms. The standard InChI is InChI=1S/C18H29N3O2/c1-14(2)10-15-6-4-5-7-16(15)11-19-18(22)20-12-17-13-21(3)8-9-23-17/h4-7,14,17H,8-13H2,1-3H3,(H2,19,20,22). The molecular weight excluding hydrogens is 290 g/mol. The van der Waals surface area contributed by atoms with E-state index in [1.54, 1.807) is 0 Å². The molecule has 5 nitrogen and oxygen atoms in total. The lowest BCUT2D eigenvalue weighted by Crippen LogP contribution is -2.47. The summed E-state index contributed by atoms with van der Waals surface area (Å²) in [6.07, 6.45) is 1.11. The molecule has 23 heavy (non-hydrogen) atoms. The smallest absolute Gasteiger partial charge is 0.315 e. The van der Waals surface area contributed by atoms with Crippen LogP contribution in [0.3, 0.4) is 0 Å². The maximum absolute atomic E-state index is 12.0. The van der Waals surface area contributed by atoms with E-state index < -0.39 is 0 Å². The zero-order valence-corrected chi connectivity index (χ0v) is 14.5. The number of nitrogens with zero attached hydrogens (tertiary/aromatic N) is 1. The van der Waals surface area contributed by atoms with E-state index in [2.05, 4.69) is 54.6 Å². The normalized spacial score (nSPS) is 18.9. The van der Waals surface area contributed by atoms with Crippen LogP contribution in [0.1, 0.15) is 25.0 Å². The average Bonchev–Trinajstić information content (AvgIpc) is 2.51. The summed E-state index contributed by atoms with van der Waals surface area (Å²) in [5, 5.41) is 5.85. The summed E-state index contributed by atoms with van der Waals surface area (Å²) in [5.74, 6) is 0.602. The van der Waals surface area contributed by atoms with Crippen LogP contribution in [0.25, 0.3) is 0 Å². The maximum atomic E-state index is 12.0. The van der Waals surface area contributed by atoms with E-state index in [1.165, 1.54) is 11.1 Å². The quantitative estimate of drug-likeness (QED) is 0.843. The molecule has 1 aliphatic rings. The molecule has 1 saturated heterocycles. The zero-order valence-electron chi connectivity index (χ0n) is 14.5. The number of nitrogens with one attached hydrogen (secondary N) is 2. The molecule has 2 rings (SSSR count). The van der Waals surface area contributed by atoms with Crippen LogP contribution in [0.2, 0.25) is 0 Å². The molecule has 0 radical (unpaired) electrons. The molecule has 0 bridgehead atoms. The fourth-order valence-corrected chi connectivity index (χ4v) is 2.80. The van der Waals surface area contributed by atoms with Crippen molar-refractivity contribution in [1.29, 1.82) is 0 Å². The summed E-state index contributed by atoms with van der Waals surface area (Å²) >= 11 is 0. The minimum atomic E-state index is -0.138. The first kappa shape index (κ1) is 17.8. The number of hydrogen-bond acceptors (Lipinski definition) is 3. The zero-order chi connectivity index (χ0) is 16.7. The van der Waals surface area contributed by atoms with Crippen LogP contribution in [0.15, 0.2) is 24.3 Å². The third-order valence-electron chi connectivity index (χ3n) is 4.02. The summed E-state index contributed by atoms with van der Waals surface area (Å²) < 4.78 is 5.64. The van der Waals surface area contributed by atoms with Crippen LogP contribution < -0.4 is 10.6 Å². The third-order valence-corrected chi connectivity index (χ3v) is 4.02. The molecule has 1 aromatic rings.